The first-order valence-electron chi connectivity index (χ1n) is 8.38. The molecule has 1 aromatic carbocycles. The molecule has 0 N–H and O–H groups in total. The molecule has 24 heavy (non-hydrogen) atoms. The predicted octanol–water partition coefficient (Wildman–Crippen LogP) is 4.88. The van der Waals surface area contributed by atoms with Crippen LogP contribution in [0, 0.1) is 5.92 Å². The van der Waals surface area contributed by atoms with Gasteiger partial charge in [0.15, 0.2) is 11.5 Å². The van der Waals surface area contributed by atoms with Gasteiger partial charge in [0.1, 0.15) is 11.5 Å². The molecule has 0 aliphatic heterocycles. The van der Waals surface area contributed by atoms with Crippen molar-refractivity contribution in [2.75, 3.05) is 7.11 Å². The number of hydrogen-bond acceptors (Lipinski definition) is 4. The molecule has 0 fully saturated rings. The van der Waals surface area contributed by atoms with E-state index in [2.05, 4.69) is 33.9 Å². The molecule has 0 spiro atoms. The Balaban J connectivity index is 3.14. The molecule has 0 radical (unpaired) electrons. The van der Waals surface area contributed by atoms with Crippen LogP contribution in [0.15, 0.2) is 18.2 Å². The van der Waals surface area contributed by atoms with E-state index in [4.69, 9.17) is 9.16 Å². The number of Topliss-reactive ketones (excluding diaryl/α,β-unsaturated/α-hetero) is 2. The molecular formula is C19H30O4Si. The van der Waals surface area contributed by atoms with E-state index in [1.165, 1.54) is 0 Å². The van der Waals surface area contributed by atoms with Crippen molar-refractivity contribution >= 4 is 19.9 Å². The average Bonchev–Trinajstić information content (AvgIpc) is 2.51. The van der Waals surface area contributed by atoms with Crippen LogP contribution in [0.2, 0.25) is 18.1 Å². The van der Waals surface area contributed by atoms with Gasteiger partial charge in [-0.05, 0) is 43.3 Å². The minimum atomic E-state index is -2.00. The summed E-state index contributed by atoms with van der Waals surface area (Å²) in [6.07, 6.45) is 0.358. The Kier molecular flexibility index (Phi) is 6.39. The van der Waals surface area contributed by atoms with E-state index in [0.717, 1.165) is 0 Å². The Morgan fingerprint density at radius 2 is 1.75 bits per heavy atom. The lowest BCUT2D eigenvalue weighted by atomic mass is 9.94. The normalized spacial score (nSPS) is 13.3. The molecule has 0 saturated carbocycles. The molecule has 0 aromatic heterocycles. The second kappa shape index (κ2) is 7.51. The molecule has 0 bridgehead atoms. The summed E-state index contributed by atoms with van der Waals surface area (Å²) in [6.45, 7) is 14.2. The SMILES string of the molecule is CCC(=O)C(C)C(=O)c1ccc(O[Si](C)(C)C(C)(C)C)c(OC)c1. The second-order valence-electron chi connectivity index (χ2n) is 7.63. The summed E-state index contributed by atoms with van der Waals surface area (Å²) in [4.78, 5) is 24.2. The fourth-order valence-electron chi connectivity index (χ4n) is 2.04. The van der Waals surface area contributed by atoms with Gasteiger partial charge in [-0.25, -0.2) is 0 Å². The van der Waals surface area contributed by atoms with Crippen molar-refractivity contribution in [1.29, 1.82) is 0 Å². The summed E-state index contributed by atoms with van der Waals surface area (Å²) in [5.74, 6) is 0.309. The molecule has 0 aliphatic rings. The largest absolute Gasteiger partial charge is 0.541 e. The first-order valence-corrected chi connectivity index (χ1v) is 11.3. The smallest absolute Gasteiger partial charge is 0.250 e. The van der Waals surface area contributed by atoms with Gasteiger partial charge in [0.05, 0.1) is 13.0 Å². The van der Waals surface area contributed by atoms with Crippen molar-refractivity contribution in [2.45, 2.75) is 59.2 Å². The van der Waals surface area contributed by atoms with E-state index in [1.54, 1.807) is 39.2 Å². The topological polar surface area (TPSA) is 52.6 Å². The third kappa shape index (κ3) is 4.47. The van der Waals surface area contributed by atoms with Crippen LogP contribution in [0.5, 0.6) is 11.5 Å². The Morgan fingerprint density at radius 1 is 1.17 bits per heavy atom. The maximum Gasteiger partial charge on any atom is 0.250 e. The maximum atomic E-state index is 12.5. The van der Waals surface area contributed by atoms with Crippen LogP contribution in [-0.4, -0.2) is 27.0 Å². The van der Waals surface area contributed by atoms with Crippen molar-refractivity contribution in [2.24, 2.45) is 5.92 Å². The van der Waals surface area contributed by atoms with Gasteiger partial charge in [-0.1, -0.05) is 27.7 Å². The number of carbonyl (C=O) groups excluding carboxylic acids is 2. The molecule has 1 rings (SSSR count). The number of carbonyl (C=O) groups is 2. The Morgan fingerprint density at radius 3 is 2.21 bits per heavy atom. The number of benzene rings is 1. The highest BCUT2D eigenvalue weighted by Gasteiger charge is 2.39. The molecule has 1 atom stereocenters. The van der Waals surface area contributed by atoms with Gasteiger partial charge < -0.3 is 9.16 Å². The zero-order valence-electron chi connectivity index (χ0n) is 16.1. The number of ketones is 2. The van der Waals surface area contributed by atoms with E-state index in [0.29, 0.717) is 23.5 Å². The highest BCUT2D eigenvalue weighted by atomic mass is 28.4. The zero-order chi connectivity index (χ0) is 18.7. The van der Waals surface area contributed by atoms with Crippen molar-refractivity contribution in [3.63, 3.8) is 0 Å². The van der Waals surface area contributed by atoms with Gasteiger partial charge in [-0.3, -0.25) is 9.59 Å². The van der Waals surface area contributed by atoms with E-state index in [-0.39, 0.29) is 16.6 Å². The summed E-state index contributed by atoms with van der Waals surface area (Å²) in [5, 5.41) is 0.0640. The van der Waals surface area contributed by atoms with E-state index in [9.17, 15) is 9.59 Å². The van der Waals surface area contributed by atoms with Gasteiger partial charge in [-0.15, -0.1) is 0 Å². The maximum absolute atomic E-state index is 12.5. The molecule has 134 valence electrons. The lowest BCUT2D eigenvalue weighted by Crippen LogP contribution is -2.43. The molecule has 0 heterocycles. The van der Waals surface area contributed by atoms with E-state index >= 15 is 0 Å². The lowest BCUT2D eigenvalue weighted by Gasteiger charge is -2.36. The minimum Gasteiger partial charge on any atom is -0.541 e. The van der Waals surface area contributed by atoms with Crippen molar-refractivity contribution < 1.29 is 18.8 Å². The van der Waals surface area contributed by atoms with Gasteiger partial charge in [-0.2, -0.15) is 0 Å². The molecule has 1 aromatic rings. The monoisotopic (exact) mass is 350 g/mol. The molecule has 0 aliphatic carbocycles. The van der Waals surface area contributed by atoms with Crippen LogP contribution in [0.1, 0.15) is 51.4 Å². The number of methoxy groups -OCH3 is 1. The van der Waals surface area contributed by atoms with Crippen molar-refractivity contribution in [3.05, 3.63) is 23.8 Å². The third-order valence-corrected chi connectivity index (χ3v) is 9.19. The van der Waals surface area contributed by atoms with Gasteiger partial charge in [0, 0.05) is 12.0 Å². The van der Waals surface area contributed by atoms with E-state index in [1.807, 2.05) is 0 Å². The van der Waals surface area contributed by atoms with Gasteiger partial charge >= 0.3 is 0 Å². The average molecular weight is 351 g/mol. The van der Waals surface area contributed by atoms with Crippen LogP contribution in [0.25, 0.3) is 0 Å². The molecule has 1 unspecified atom stereocenters. The molecule has 0 saturated heterocycles. The number of hydrogen-bond donors (Lipinski definition) is 0. The summed E-state index contributed by atoms with van der Waals surface area (Å²) >= 11 is 0. The molecule has 5 heteroatoms. The van der Waals surface area contributed by atoms with E-state index < -0.39 is 14.2 Å². The fraction of sp³-hybridized carbons (Fsp3) is 0.579. The fourth-order valence-corrected chi connectivity index (χ4v) is 3.06. The molecule has 0 amide bonds. The van der Waals surface area contributed by atoms with Crippen LogP contribution < -0.4 is 9.16 Å². The Hall–Kier alpha value is -1.62. The number of ether oxygens (including phenoxy) is 1. The first kappa shape index (κ1) is 20.4. The van der Waals surface area contributed by atoms with Crippen LogP contribution in [0.3, 0.4) is 0 Å². The summed E-state index contributed by atoms with van der Waals surface area (Å²) < 4.78 is 11.7. The first-order chi connectivity index (χ1) is 10.9. The van der Waals surface area contributed by atoms with Gasteiger partial charge in [0.25, 0.3) is 8.32 Å². The van der Waals surface area contributed by atoms with Crippen LogP contribution >= 0.6 is 0 Å². The molecular weight excluding hydrogens is 320 g/mol. The minimum absolute atomic E-state index is 0.0550. The Labute approximate surface area is 146 Å². The number of rotatable bonds is 7. The predicted molar refractivity (Wildman–Crippen MR) is 99.6 cm³/mol. The second-order valence-corrected chi connectivity index (χ2v) is 12.4. The Bertz CT molecular complexity index is 614. The zero-order valence-corrected chi connectivity index (χ0v) is 17.1. The van der Waals surface area contributed by atoms with Gasteiger partial charge in [0.2, 0.25) is 0 Å². The summed E-state index contributed by atoms with van der Waals surface area (Å²) in [6, 6.07) is 5.16. The van der Waals surface area contributed by atoms with Crippen molar-refractivity contribution in [3.8, 4) is 11.5 Å². The van der Waals surface area contributed by atoms with Crippen LogP contribution in [0.4, 0.5) is 0 Å². The van der Waals surface area contributed by atoms with Crippen LogP contribution in [-0.2, 0) is 4.79 Å². The third-order valence-electron chi connectivity index (χ3n) is 4.84. The molecule has 4 nitrogen and oxygen atoms in total. The highest BCUT2D eigenvalue weighted by molar-refractivity contribution is 6.74. The van der Waals surface area contributed by atoms with Crippen molar-refractivity contribution in [1.82, 2.24) is 0 Å². The summed E-state index contributed by atoms with van der Waals surface area (Å²) in [5.41, 5.74) is 0.476. The highest BCUT2D eigenvalue weighted by Crippen LogP contribution is 2.40. The lowest BCUT2D eigenvalue weighted by molar-refractivity contribution is -0.120. The standard InChI is InChI=1S/C19H30O4Si/c1-9-15(20)13(2)18(21)14-10-11-16(17(12-14)22-6)23-24(7,8)19(3,4)5/h10-13H,9H2,1-8H3. The quantitative estimate of drug-likeness (QED) is 0.400. The summed E-state index contributed by atoms with van der Waals surface area (Å²) in [7, 11) is -0.444.